The van der Waals surface area contributed by atoms with Crippen LogP contribution in [-0.4, -0.2) is 17.6 Å². The molecule has 17 heavy (non-hydrogen) atoms. The van der Waals surface area contributed by atoms with Gasteiger partial charge in [-0.1, -0.05) is 35.0 Å². The molecular formula is C13H18BrNO2. The molecule has 3 nitrogen and oxygen atoms in total. The van der Waals surface area contributed by atoms with Crippen LogP contribution in [0.1, 0.15) is 32.3 Å². The van der Waals surface area contributed by atoms with E-state index in [-0.39, 0.29) is 12.5 Å². The largest absolute Gasteiger partial charge is 0.394 e. The van der Waals surface area contributed by atoms with Crippen LogP contribution in [0.2, 0.25) is 0 Å². The van der Waals surface area contributed by atoms with Crippen molar-refractivity contribution in [3.63, 3.8) is 0 Å². The fourth-order valence-corrected chi connectivity index (χ4v) is 2.03. The Morgan fingerprint density at radius 2 is 2.24 bits per heavy atom. The summed E-state index contributed by atoms with van der Waals surface area (Å²) < 4.78 is 0.930. The molecule has 0 fully saturated rings. The van der Waals surface area contributed by atoms with Crippen molar-refractivity contribution in [2.45, 2.75) is 32.2 Å². The summed E-state index contributed by atoms with van der Waals surface area (Å²) in [6.07, 6.45) is 1.27. The maximum Gasteiger partial charge on any atom is 0.220 e. The Kier molecular flexibility index (Phi) is 5.15. The van der Waals surface area contributed by atoms with Gasteiger partial charge in [0.2, 0.25) is 5.91 Å². The summed E-state index contributed by atoms with van der Waals surface area (Å²) in [5, 5.41) is 12.4. The molecule has 0 saturated carbocycles. The molecule has 0 bridgehead atoms. The molecule has 0 saturated heterocycles. The molecule has 0 spiro atoms. The molecule has 1 atom stereocenters. The van der Waals surface area contributed by atoms with Crippen molar-refractivity contribution in [1.29, 1.82) is 0 Å². The Bertz CT molecular complexity index is 395. The van der Waals surface area contributed by atoms with E-state index in [2.05, 4.69) is 21.2 Å². The second-order valence-corrected chi connectivity index (χ2v) is 5.21. The molecule has 0 aliphatic carbocycles. The van der Waals surface area contributed by atoms with Gasteiger partial charge in [-0.3, -0.25) is 4.79 Å². The second-order valence-electron chi connectivity index (χ2n) is 4.30. The number of nitrogens with one attached hydrogen (secondary N) is 1. The number of rotatable bonds is 5. The van der Waals surface area contributed by atoms with Crippen molar-refractivity contribution in [2.75, 3.05) is 6.61 Å². The molecule has 1 unspecified atom stereocenters. The monoisotopic (exact) mass is 299 g/mol. The van der Waals surface area contributed by atoms with E-state index in [1.165, 1.54) is 0 Å². The van der Waals surface area contributed by atoms with Crippen LogP contribution in [0.5, 0.6) is 0 Å². The fraction of sp³-hybridized carbons (Fsp3) is 0.462. The first-order valence-corrected chi connectivity index (χ1v) is 6.49. The third kappa shape index (κ3) is 3.82. The number of aliphatic hydroxyl groups excluding tert-OH is 1. The van der Waals surface area contributed by atoms with Crippen LogP contribution in [0.25, 0.3) is 0 Å². The van der Waals surface area contributed by atoms with E-state index in [0.29, 0.717) is 6.42 Å². The van der Waals surface area contributed by atoms with Gasteiger partial charge in [0.25, 0.3) is 0 Å². The van der Waals surface area contributed by atoms with Crippen LogP contribution in [-0.2, 0) is 10.3 Å². The normalized spacial score (nSPS) is 14.1. The van der Waals surface area contributed by atoms with Gasteiger partial charge in [-0.05, 0) is 31.0 Å². The Labute approximate surface area is 110 Å². The first-order valence-electron chi connectivity index (χ1n) is 5.69. The SMILES string of the molecule is CCCC(=O)NC(C)(CO)c1cccc(Br)c1. The van der Waals surface area contributed by atoms with Crippen molar-refractivity contribution < 1.29 is 9.90 Å². The first kappa shape index (κ1) is 14.2. The summed E-state index contributed by atoms with van der Waals surface area (Å²) in [5.41, 5.74) is 0.162. The van der Waals surface area contributed by atoms with Gasteiger partial charge in [0, 0.05) is 10.9 Å². The third-order valence-electron chi connectivity index (χ3n) is 2.67. The van der Waals surface area contributed by atoms with Crippen molar-refractivity contribution in [1.82, 2.24) is 5.32 Å². The number of aliphatic hydroxyl groups is 1. The predicted octanol–water partition coefficient (Wildman–Crippen LogP) is 2.57. The van der Waals surface area contributed by atoms with E-state index < -0.39 is 5.54 Å². The summed E-state index contributed by atoms with van der Waals surface area (Å²) in [7, 11) is 0. The van der Waals surface area contributed by atoms with Gasteiger partial charge in [0.05, 0.1) is 12.1 Å². The lowest BCUT2D eigenvalue weighted by Crippen LogP contribution is -2.46. The van der Waals surface area contributed by atoms with E-state index in [0.717, 1.165) is 16.5 Å². The van der Waals surface area contributed by atoms with E-state index in [9.17, 15) is 9.90 Å². The maximum absolute atomic E-state index is 11.6. The molecule has 1 amide bonds. The number of hydrogen-bond acceptors (Lipinski definition) is 2. The van der Waals surface area contributed by atoms with E-state index in [1.54, 1.807) is 0 Å². The minimum Gasteiger partial charge on any atom is -0.394 e. The van der Waals surface area contributed by atoms with E-state index >= 15 is 0 Å². The quantitative estimate of drug-likeness (QED) is 0.878. The fourth-order valence-electron chi connectivity index (χ4n) is 1.63. The van der Waals surface area contributed by atoms with Crippen molar-refractivity contribution >= 4 is 21.8 Å². The number of halogens is 1. The standard InChI is InChI=1S/C13H18BrNO2/c1-3-5-12(17)15-13(2,9-16)10-6-4-7-11(14)8-10/h4,6-8,16H,3,5,9H2,1-2H3,(H,15,17). The summed E-state index contributed by atoms with van der Waals surface area (Å²) in [6.45, 7) is 3.65. The van der Waals surface area contributed by atoms with Crippen LogP contribution in [0.3, 0.4) is 0 Å². The van der Waals surface area contributed by atoms with E-state index in [1.807, 2.05) is 38.1 Å². The van der Waals surface area contributed by atoms with Crippen LogP contribution in [0, 0.1) is 0 Å². The van der Waals surface area contributed by atoms with Crippen molar-refractivity contribution in [3.05, 3.63) is 34.3 Å². The van der Waals surface area contributed by atoms with Gasteiger partial charge < -0.3 is 10.4 Å². The van der Waals surface area contributed by atoms with E-state index in [4.69, 9.17) is 0 Å². The zero-order valence-corrected chi connectivity index (χ0v) is 11.8. The zero-order chi connectivity index (χ0) is 12.9. The second kappa shape index (κ2) is 6.17. The lowest BCUT2D eigenvalue weighted by molar-refractivity contribution is -0.123. The molecule has 0 aromatic heterocycles. The Balaban J connectivity index is 2.91. The van der Waals surface area contributed by atoms with Crippen LogP contribution in [0.4, 0.5) is 0 Å². The number of amides is 1. The molecule has 0 aliphatic rings. The Hall–Kier alpha value is -0.870. The number of carbonyl (C=O) groups is 1. The lowest BCUT2D eigenvalue weighted by Gasteiger charge is -2.29. The first-order chi connectivity index (χ1) is 8.01. The molecule has 1 aromatic rings. The zero-order valence-electron chi connectivity index (χ0n) is 10.2. The number of hydrogen-bond donors (Lipinski definition) is 2. The third-order valence-corrected chi connectivity index (χ3v) is 3.16. The molecular weight excluding hydrogens is 282 g/mol. The molecule has 1 rings (SSSR count). The van der Waals surface area contributed by atoms with Gasteiger partial charge in [0.1, 0.15) is 0 Å². The summed E-state index contributed by atoms with van der Waals surface area (Å²) >= 11 is 3.39. The molecule has 0 radical (unpaired) electrons. The highest BCUT2D eigenvalue weighted by molar-refractivity contribution is 9.10. The van der Waals surface area contributed by atoms with Gasteiger partial charge in [-0.25, -0.2) is 0 Å². The topological polar surface area (TPSA) is 49.3 Å². The Morgan fingerprint density at radius 3 is 2.76 bits per heavy atom. The molecule has 0 aliphatic heterocycles. The Morgan fingerprint density at radius 1 is 1.53 bits per heavy atom. The summed E-state index contributed by atoms with van der Waals surface area (Å²) in [5.74, 6) is -0.0379. The average molecular weight is 300 g/mol. The predicted molar refractivity (Wildman–Crippen MR) is 71.6 cm³/mol. The molecule has 0 heterocycles. The van der Waals surface area contributed by atoms with Gasteiger partial charge >= 0.3 is 0 Å². The number of carbonyl (C=O) groups excluding carboxylic acids is 1. The number of benzene rings is 1. The van der Waals surface area contributed by atoms with Gasteiger partial charge in [0.15, 0.2) is 0 Å². The lowest BCUT2D eigenvalue weighted by atomic mass is 9.92. The molecule has 1 aromatic carbocycles. The smallest absolute Gasteiger partial charge is 0.220 e. The van der Waals surface area contributed by atoms with Gasteiger partial charge in [-0.15, -0.1) is 0 Å². The minimum absolute atomic E-state index is 0.0379. The average Bonchev–Trinajstić information content (AvgIpc) is 2.29. The highest BCUT2D eigenvalue weighted by Crippen LogP contribution is 2.23. The molecule has 4 heteroatoms. The van der Waals surface area contributed by atoms with Crippen LogP contribution in [0.15, 0.2) is 28.7 Å². The van der Waals surface area contributed by atoms with Gasteiger partial charge in [-0.2, -0.15) is 0 Å². The van der Waals surface area contributed by atoms with Crippen LogP contribution < -0.4 is 5.32 Å². The maximum atomic E-state index is 11.6. The van der Waals surface area contributed by atoms with Crippen molar-refractivity contribution in [2.24, 2.45) is 0 Å². The molecule has 2 N–H and O–H groups in total. The summed E-state index contributed by atoms with van der Waals surface area (Å²) in [6, 6.07) is 7.60. The highest BCUT2D eigenvalue weighted by Gasteiger charge is 2.27. The molecule has 94 valence electrons. The minimum atomic E-state index is -0.726. The highest BCUT2D eigenvalue weighted by atomic mass is 79.9. The van der Waals surface area contributed by atoms with Crippen LogP contribution >= 0.6 is 15.9 Å². The summed E-state index contributed by atoms with van der Waals surface area (Å²) in [4.78, 5) is 11.6. The van der Waals surface area contributed by atoms with Crippen molar-refractivity contribution in [3.8, 4) is 0 Å².